The van der Waals surface area contributed by atoms with Gasteiger partial charge in [0.2, 0.25) is 0 Å². The molecule has 0 saturated carbocycles. The van der Waals surface area contributed by atoms with Crippen LogP contribution in [0.3, 0.4) is 0 Å². The Morgan fingerprint density at radius 1 is 0.917 bits per heavy atom. The van der Waals surface area contributed by atoms with Crippen LogP contribution in [-0.2, 0) is 6.54 Å². The fraction of sp³-hybridized carbons (Fsp3) is 0.0556. The summed E-state index contributed by atoms with van der Waals surface area (Å²) in [6.45, 7) is 0.223. The van der Waals surface area contributed by atoms with Crippen LogP contribution in [0.25, 0.3) is 21.7 Å². The first-order chi connectivity index (χ1) is 11.6. The maximum atomic E-state index is 12.2. The zero-order valence-electron chi connectivity index (χ0n) is 12.4. The molecule has 2 aromatic carbocycles. The van der Waals surface area contributed by atoms with Gasteiger partial charge in [0.15, 0.2) is 0 Å². The van der Waals surface area contributed by atoms with Crippen molar-refractivity contribution in [3.05, 3.63) is 80.8 Å². The third kappa shape index (κ3) is 2.44. The number of pyridine rings is 1. The zero-order chi connectivity index (χ0) is 16.7. The lowest BCUT2D eigenvalue weighted by atomic mass is 10.0. The quantitative estimate of drug-likeness (QED) is 0.503. The first kappa shape index (κ1) is 15.1. The minimum atomic E-state index is -0.428. The molecule has 6 heteroatoms. The molecule has 118 valence electrons. The SMILES string of the molecule is O=c1c(Cl)c(Cl)cnn1Cc1nc2ccccc2c2ccccc12. The highest BCUT2D eigenvalue weighted by Crippen LogP contribution is 2.26. The average Bonchev–Trinajstić information content (AvgIpc) is 2.62. The van der Waals surface area contributed by atoms with Crippen molar-refractivity contribution < 1.29 is 0 Å². The Balaban J connectivity index is 1.96. The summed E-state index contributed by atoms with van der Waals surface area (Å²) in [7, 11) is 0. The summed E-state index contributed by atoms with van der Waals surface area (Å²) in [6.07, 6.45) is 1.37. The molecule has 0 saturated heterocycles. The predicted molar refractivity (Wildman–Crippen MR) is 96.9 cm³/mol. The lowest BCUT2D eigenvalue weighted by Crippen LogP contribution is -2.24. The smallest absolute Gasteiger partial charge is 0.266 e. The van der Waals surface area contributed by atoms with E-state index in [1.807, 2.05) is 48.5 Å². The van der Waals surface area contributed by atoms with Crippen LogP contribution >= 0.6 is 23.2 Å². The van der Waals surface area contributed by atoms with Gasteiger partial charge in [-0.2, -0.15) is 5.10 Å². The van der Waals surface area contributed by atoms with E-state index in [-0.39, 0.29) is 16.6 Å². The lowest BCUT2D eigenvalue weighted by Gasteiger charge is -2.11. The molecular formula is C18H11Cl2N3O. The van der Waals surface area contributed by atoms with E-state index >= 15 is 0 Å². The van der Waals surface area contributed by atoms with Gasteiger partial charge in [-0.15, -0.1) is 0 Å². The van der Waals surface area contributed by atoms with Crippen molar-refractivity contribution in [3.63, 3.8) is 0 Å². The first-order valence-electron chi connectivity index (χ1n) is 7.32. The molecule has 0 radical (unpaired) electrons. The van der Waals surface area contributed by atoms with Crippen molar-refractivity contribution in [1.82, 2.24) is 14.8 Å². The van der Waals surface area contributed by atoms with Crippen LogP contribution in [0.1, 0.15) is 5.69 Å². The van der Waals surface area contributed by atoms with E-state index < -0.39 is 5.56 Å². The van der Waals surface area contributed by atoms with Crippen molar-refractivity contribution in [2.24, 2.45) is 0 Å². The molecule has 0 amide bonds. The highest BCUT2D eigenvalue weighted by atomic mass is 35.5. The molecule has 0 atom stereocenters. The number of benzene rings is 2. The number of rotatable bonds is 2. The Bertz CT molecular complexity index is 1140. The fourth-order valence-corrected chi connectivity index (χ4v) is 3.06. The Labute approximate surface area is 147 Å². The van der Waals surface area contributed by atoms with Crippen LogP contribution < -0.4 is 5.56 Å². The normalized spacial score (nSPS) is 11.2. The second-order valence-electron chi connectivity index (χ2n) is 5.39. The number of fused-ring (bicyclic) bond motifs is 3. The van der Waals surface area contributed by atoms with E-state index in [4.69, 9.17) is 28.2 Å². The summed E-state index contributed by atoms with van der Waals surface area (Å²) in [4.78, 5) is 17.0. The topological polar surface area (TPSA) is 47.8 Å². The number of hydrogen-bond acceptors (Lipinski definition) is 3. The molecular weight excluding hydrogens is 345 g/mol. The van der Waals surface area contributed by atoms with Crippen molar-refractivity contribution in [2.45, 2.75) is 6.54 Å². The van der Waals surface area contributed by atoms with Gasteiger partial charge >= 0.3 is 0 Å². The first-order valence-corrected chi connectivity index (χ1v) is 8.08. The second kappa shape index (κ2) is 5.89. The Morgan fingerprint density at radius 2 is 1.58 bits per heavy atom. The Kier molecular flexibility index (Phi) is 3.71. The molecule has 4 rings (SSSR count). The number of nitrogens with zero attached hydrogens (tertiary/aromatic N) is 3. The summed E-state index contributed by atoms with van der Waals surface area (Å²) in [6, 6.07) is 15.9. The largest absolute Gasteiger partial charge is 0.287 e. The van der Waals surface area contributed by atoms with Gasteiger partial charge in [-0.1, -0.05) is 65.7 Å². The van der Waals surface area contributed by atoms with E-state index in [0.29, 0.717) is 0 Å². The number of hydrogen-bond donors (Lipinski definition) is 0. The summed E-state index contributed by atoms with van der Waals surface area (Å²) in [5, 5.41) is 7.33. The fourth-order valence-electron chi connectivity index (χ4n) is 2.79. The third-order valence-electron chi connectivity index (χ3n) is 3.93. The molecule has 4 nitrogen and oxygen atoms in total. The van der Waals surface area contributed by atoms with Crippen LogP contribution in [0.15, 0.2) is 59.5 Å². The van der Waals surface area contributed by atoms with Gasteiger partial charge in [-0.05, 0) is 11.5 Å². The van der Waals surface area contributed by atoms with Gasteiger partial charge in [0.1, 0.15) is 5.02 Å². The van der Waals surface area contributed by atoms with Crippen molar-refractivity contribution in [2.75, 3.05) is 0 Å². The van der Waals surface area contributed by atoms with Gasteiger partial charge in [0, 0.05) is 10.8 Å². The van der Waals surface area contributed by atoms with Gasteiger partial charge < -0.3 is 0 Å². The van der Waals surface area contributed by atoms with Gasteiger partial charge in [0.25, 0.3) is 5.56 Å². The summed E-state index contributed by atoms with van der Waals surface area (Å²) >= 11 is 11.8. The Morgan fingerprint density at radius 3 is 2.38 bits per heavy atom. The number of aromatic nitrogens is 3. The average molecular weight is 356 g/mol. The summed E-state index contributed by atoms with van der Waals surface area (Å²) in [5.74, 6) is 0. The molecule has 0 N–H and O–H groups in total. The maximum absolute atomic E-state index is 12.2. The van der Waals surface area contributed by atoms with Gasteiger partial charge in [0.05, 0.1) is 29.0 Å². The molecule has 0 unspecified atom stereocenters. The van der Waals surface area contributed by atoms with Gasteiger partial charge in [-0.3, -0.25) is 9.78 Å². The van der Waals surface area contributed by atoms with Crippen LogP contribution in [0.2, 0.25) is 10.0 Å². The minimum Gasteiger partial charge on any atom is -0.266 e. The molecule has 0 spiro atoms. The molecule has 2 aromatic heterocycles. The van der Waals surface area contributed by atoms with Crippen molar-refractivity contribution >= 4 is 44.9 Å². The summed E-state index contributed by atoms with van der Waals surface area (Å²) < 4.78 is 1.28. The van der Waals surface area contributed by atoms with Crippen LogP contribution in [-0.4, -0.2) is 14.8 Å². The van der Waals surface area contributed by atoms with E-state index in [0.717, 1.165) is 27.4 Å². The van der Waals surface area contributed by atoms with Crippen LogP contribution in [0.4, 0.5) is 0 Å². The predicted octanol–water partition coefficient (Wildman–Crippen LogP) is 4.30. The number of halogens is 2. The third-order valence-corrected chi connectivity index (χ3v) is 4.68. The molecule has 2 heterocycles. The summed E-state index contributed by atoms with van der Waals surface area (Å²) in [5.41, 5.74) is 1.21. The van der Waals surface area contributed by atoms with Gasteiger partial charge in [-0.25, -0.2) is 4.68 Å². The molecule has 0 aliphatic carbocycles. The van der Waals surface area contributed by atoms with E-state index in [9.17, 15) is 4.79 Å². The number of para-hydroxylation sites is 1. The highest BCUT2D eigenvalue weighted by Gasteiger charge is 2.12. The van der Waals surface area contributed by atoms with Crippen LogP contribution in [0.5, 0.6) is 0 Å². The molecule has 24 heavy (non-hydrogen) atoms. The molecule has 0 aliphatic heterocycles. The van der Waals surface area contributed by atoms with Crippen molar-refractivity contribution in [1.29, 1.82) is 0 Å². The minimum absolute atomic E-state index is 0.0308. The van der Waals surface area contributed by atoms with Crippen LogP contribution in [0, 0.1) is 0 Å². The molecule has 0 bridgehead atoms. The molecule has 4 aromatic rings. The second-order valence-corrected chi connectivity index (χ2v) is 6.18. The van der Waals surface area contributed by atoms with E-state index in [1.165, 1.54) is 10.9 Å². The molecule has 0 aliphatic rings. The van der Waals surface area contributed by atoms with E-state index in [2.05, 4.69) is 5.10 Å². The highest BCUT2D eigenvalue weighted by molar-refractivity contribution is 6.41. The molecule has 0 fully saturated rings. The van der Waals surface area contributed by atoms with E-state index in [1.54, 1.807) is 0 Å². The maximum Gasteiger partial charge on any atom is 0.287 e. The zero-order valence-corrected chi connectivity index (χ0v) is 13.9. The monoisotopic (exact) mass is 355 g/mol. The van der Waals surface area contributed by atoms with Crippen molar-refractivity contribution in [3.8, 4) is 0 Å². The Hall–Kier alpha value is -2.43. The standard InChI is InChI=1S/C18H11Cl2N3O/c19-14-9-21-23(18(24)17(14)20)10-16-13-7-2-1-5-11(13)12-6-3-4-8-15(12)22-16/h1-9H,10H2. The lowest BCUT2D eigenvalue weighted by molar-refractivity contribution is 0.633.